The average molecular weight is 896 g/mol. The first-order valence-corrected chi connectivity index (χ1v) is 20.9. The molecule has 3 aliphatic heterocycles. The number of rotatable bonds is 14. The molecule has 3 aliphatic rings. The van der Waals surface area contributed by atoms with Crippen molar-refractivity contribution >= 4 is 80.6 Å². The second-order valence-electron chi connectivity index (χ2n) is 15.4. The van der Waals surface area contributed by atoms with Crippen molar-refractivity contribution in [2.24, 2.45) is 5.73 Å². The number of urea groups is 1. The first kappa shape index (κ1) is 43.5. The van der Waals surface area contributed by atoms with Crippen molar-refractivity contribution in [1.82, 2.24) is 30.0 Å². The number of hydrogen-bond acceptors (Lipinski definition) is 13. The summed E-state index contributed by atoms with van der Waals surface area (Å²) in [5.74, 6) is -2.63. The fourth-order valence-electron chi connectivity index (χ4n) is 8.05. The Bertz CT molecular complexity index is 2730. The van der Waals surface area contributed by atoms with E-state index >= 15 is 4.39 Å². The summed E-state index contributed by atoms with van der Waals surface area (Å²) in [6.45, 7) is 2.17. The molecule has 4 heterocycles. The van der Waals surface area contributed by atoms with Crippen LogP contribution in [-0.2, 0) is 19.1 Å². The number of nitrogens with two attached hydrogens (primary N) is 1. The number of nitrogens with zero attached hydrogens (tertiary/aromatic N) is 6. The van der Waals surface area contributed by atoms with Gasteiger partial charge in [0.1, 0.15) is 35.5 Å². The van der Waals surface area contributed by atoms with E-state index in [2.05, 4.69) is 15.6 Å². The molecule has 20 heteroatoms. The summed E-state index contributed by atoms with van der Waals surface area (Å²) in [4.78, 5) is 90.0. The Morgan fingerprint density at radius 1 is 0.953 bits per heavy atom. The Labute approximate surface area is 370 Å². The van der Waals surface area contributed by atoms with Crippen LogP contribution in [-0.4, -0.2) is 138 Å². The fraction of sp³-hybridized carbons (Fsp3) is 0.318. The van der Waals surface area contributed by atoms with E-state index in [9.17, 15) is 33.9 Å². The molecule has 18 nitrogen and oxygen atoms in total. The van der Waals surface area contributed by atoms with E-state index < -0.39 is 41.5 Å². The number of carbonyl (C=O) groups is 6. The molecule has 5 aromatic rings. The molecule has 5 N–H and O–H groups in total. The smallest absolute Gasteiger partial charge is 0.314 e. The molecule has 2 saturated heterocycles. The Balaban J connectivity index is 0.871. The molecule has 0 radical (unpaired) electrons. The number of piperazine rings is 1. The Morgan fingerprint density at radius 3 is 2.48 bits per heavy atom. The number of hydrogen-bond donors (Lipinski definition) is 4. The fourth-order valence-corrected chi connectivity index (χ4v) is 8.34. The van der Waals surface area contributed by atoms with Crippen molar-refractivity contribution in [3.8, 4) is 22.6 Å². The molecule has 1 aromatic heterocycles. The zero-order chi connectivity index (χ0) is 45.2. The molecule has 0 spiro atoms. The summed E-state index contributed by atoms with van der Waals surface area (Å²) in [5.41, 5.74) is 6.16. The van der Waals surface area contributed by atoms with E-state index in [1.807, 2.05) is 23.1 Å². The average Bonchev–Trinajstić information content (AvgIpc) is 3.52. The lowest BCUT2D eigenvalue weighted by Crippen LogP contribution is -2.54. The highest BCUT2D eigenvalue weighted by atomic mass is 35.5. The highest BCUT2D eigenvalue weighted by Crippen LogP contribution is 2.42. The maximum atomic E-state index is 16.9. The lowest BCUT2D eigenvalue weighted by molar-refractivity contribution is -0.136. The van der Waals surface area contributed by atoms with Crippen molar-refractivity contribution < 1.29 is 47.7 Å². The number of benzene rings is 4. The normalized spacial score (nSPS) is 16.4. The first-order chi connectivity index (χ1) is 30.8. The minimum Gasteiger partial charge on any atom is -0.508 e. The number of phenolic OH excluding ortho intramolecular Hbond substituents is 1. The van der Waals surface area contributed by atoms with Gasteiger partial charge in [0, 0.05) is 70.1 Å². The van der Waals surface area contributed by atoms with Gasteiger partial charge in [0.25, 0.3) is 11.8 Å². The summed E-state index contributed by atoms with van der Waals surface area (Å²) in [7, 11) is 1.63. The molecule has 1 unspecified atom stereocenters. The van der Waals surface area contributed by atoms with Gasteiger partial charge in [-0.2, -0.15) is 4.98 Å². The monoisotopic (exact) mass is 895 g/mol. The third-order valence-electron chi connectivity index (χ3n) is 11.4. The number of piperidine rings is 1. The number of ether oxygens (including phenoxy) is 2. The summed E-state index contributed by atoms with van der Waals surface area (Å²) < 4.78 is 28.3. The molecular weight excluding hydrogens is 853 g/mol. The molecule has 7 amide bonds. The zero-order valence-electron chi connectivity index (χ0n) is 34.6. The van der Waals surface area contributed by atoms with Crippen LogP contribution in [0.15, 0.2) is 60.7 Å². The molecule has 2 fully saturated rings. The zero-order valence-corrected chi connectivity index (χ0v) is 35.3. The lowest BCUT2D eigenvalue weighted by Gasteiger charge is -2.35. The summed E-state index contributed by atoms with van der Waals surface area (Å²) >= 11 is 6.83. The number of aromatic hydroxyl groups is 1. The molecule has 0 saturated carbocycles. The number of primary amides is 1. The quantitative estimate of drug-likeness (QED) is 0.0917. The van der Waals surface area contributed by atoms with Crippen molar-refractivity contribution in [2.45, 2.75) is 25.3 Å². The van der Waals surface area contributed by atoms with Crippen molar-refractivity contribution in [3.05, 3.63) is 82.6 Å². The third kappa shape index (κ3) is 8.76. The summed E-state index contributed by atoms with van der Waals surface area (Å²) in [6, 6.07) is 14.7. The molecule has 1 atom stereocenters. The Kier molecular flexibility index (Phi) is 12.5. The largest absolute Gasteiger partial charge is 0.508 e. The predicted molar refractivity (Wildman–Crippen MR) is 233 cm³/mol. The van der Waals surface area contributed by atoms with Crippen LogP contribution < -0.4 is 26.0 Å². The van der Waals surface area contributed by atoms with Crippen molar-refractivity contribution in [1.29, 1.82) is 0 Å². The molecule has 64 heavy (non-hydrogen) atoms. The lowest BCUT2D eigenvalue weighted by atomic mass is 9.96. The van der Waals surface area contributed by atoms with Gasteiger partial charge in [-0.25, -0.2) is 14.2 Å². The van der Waals surface area contributed by atoms with Crippen LogP contribution >= 0.6 is 11.6 Å². The standard InChI is InChI=1S/C44H43ClFN9O9/c1-52(16-17-63-18-19-64-26-6-7-28-30(22-26)42(61)55(41(28)60)33-8-9-34(57)49-40(33)59)35(58)10-11-48-44-50-38-31(39(51-44)53-12-14-54(15-13-53)43(47)62)23-32(45)36(37(38)46)29-21-25(56)20-24-4-2-3-5-27(24)29/h2-7,20-23,33,56H,8-19H2,1H3,(H2,47,62)(H,48,50,51)(H,49,57,59). The highest BCUT2D eigenvalue weighted by molar-refractivity contribution is 6.35. The van der Waals surface area contributed by atoms with Crippen LogP contribution in [0.1, 0.15) is 40.0 Å². The predicted octanol–water partition coefficient (Wildman–Crippen LogP) is 3.91. The van der Waals surface area contributed by atoms with Gasteiger partial charge in [-0.05, 0) is 59.2 Å². The number of fused-ring (bicyclic) bond motifs is 3. The molecule has 8 rings (SSSR count). The van der Waals surface area contributed by atoms with Gasteiger partial charge in [-0.1, -0.05) is 35.9 Å². The molecule has 0 aliphatic carbocycles. The number of anilines is 2. The van der Waals surface area contributed by atoms with Crippen molar-refractivity contribution in [2.75, 3.05) is 76.4 Å². The number of halogens is 2. The van der Waals surface area contributed by atoms with Gasteiger partial charge in [0.2, 0.25) is 23.7 Å². The van der Waals surface area contributed by atoms with Gasteiger partial charge in [-0.3, -0.25) is 34.2 Å². The van der Waals surface area contributed by atoms with E-state index in [0.29, 0.717) is 59.5 Å². The number of amides is 7. The van der Waals surface area contributed by atoms with Gasteiger partial charge in [-0.15, -0.1) is 0 Å². The summed E-state index contributed by atoms with van der Waals surface area (Å²) in [6.07, 6.45) is 0.114. The van der Waals surface area contributed by atoms with Crippen molar-refractivity contribution in [3.63, 3.8) is 0 Å². The Hall–Kier alpha value is -7.12. The van der Waals surface area contributed by atoms with E-state index in [1.165, 1.54) is 34.1 Å². The molecular formula is C44H43ClFN9O9. The van der Waals surface area contributed by atoms with Gasteiger partial charge < -0.3 is 40.3 Å². The van der Waals surface area contributed by atoms with Crippen LogP contribution in [0, 0.1) is 5.82 Å². The highest BCUT2D eigenvalue weighted by Gasteiger charge is 2.44. The minimum atomic E-state index is -1.07. The number of aromatic nitrogens is 2. The number of nitrogens with one attached hydrogen (secondary N) is 2. The van der Waals surface area contributed by atoms with E-state index in [-0.39, 0.29) is 97.0 Å². The topological polar surface area (TPSA) is 230 Å². The third-order valence-corrected chi connectivity index (χ3v) is 11.7. The van der Waals surface area contributed by atoms with Crippen LogP contribution in [0.4, 0.5) is 21.0 Å². The molecule has 4 aromatic carbocycles. The van der Waals surface area contributed by atoms with Crippen LogP contribution in [0.2, 0.25) is 5.02 Å². The first-order valence-electron chi connectivity index (χ1n) is 20.5. The maximum absolute atomic E-state index is 16.9. The minimum absolute atomic E-state index is 0.0209. The molecule has 0 bridgehead atoms. The van der Waals surface area contributed by atoms with Gasteiger partial charge in [0.15, 0.2) is 5.82 Å². The van der Waals surface area contributed by atoms with E-state index in [1.54, 1.807) is 25.2 Å². The summed E-state index contributed by atoms with van der Waals surface area (Å²) in [5, 5.41) is 17.6. The molecule has 332 valence electrons. The van der Waals surface area contributed by atoms with Gasteiger partial charge in [0.05, 0.1) is 29.4 Å². The van der Waals surface area contributed by atoms with Gasteiger partial charge >= 0.3 is 6.03 Å². The van der Waals surface area contributed by atoms with E-state index in [4.69, 9.17) is 31.8 Å². The van der Waals surface area contributed by atoms with Crippen LogP contribution in [0.3, 0.4) is 0 Å². The number of likely N-dealkylation sites (N-methyl/N-ethyl adjacent to an activating group) is 1. The second kappa shape index (κ2) is 18.3. The number of phenols is 1. The van der Waals surface area contributed by atoms with Crippen LogP contribution in [0.25, 0.3) is 32.8 Å². The van der Waals surface area contributed by atoms with Crippen LogP contribution in [0.5, 0.6) is 11.5 Å². The second-order valence-corrected chi connectivity index (χ2v) is 15.9. The number of carbonyl (C=O) groups excluding carboxylic acids is 6. The maximum Gasteiger partial charge on any atom is 0.314 e. The Morgan fingerprint density at radius 2 is 1.72 bits per heavy atom. The number of imide groups is 2. The SMILES string of the molecule is CN(CCOCCOc1ccc2c(c1)C(=O)N(C1CCC(=O)NC1=O)C2=O)C(=O)CCNc1nc(N2CCN(C(N)=O)CC2)c2cc(Cl)c(-c3cc(O)cc4ccccc34)c(F)c2n1. The van der Waals surface area contributed by atoms with E-state index in [0.717, 1.165) is 4.90 Å².